The molecule has 2 rings (SSSR count). The highest BCUT2D eigenvalue weighted by Gasteiger charge is 2.50. The molecule has 0 N–H and O–H groups in total. The van der Waals surface area contributed by atoms with Gasteiger partial charge < -0.3 is 0 Å². The lowest BCUT2D eigenvalue weighted by atomic mass is 9.89. The van der Waals surface area contributed by atoms with Crippen molar-refractivity contribution < 1.29 is 19.2 Å². The monoisotopic (exact) mass is 308 g/mol. The second kappa shape index (κ2) is 3.81. The fraction of sp³-hybridized carbons (Fsp3) is 0.500. The topological polar surface area (TPSA) is 74.8 Å². The van der Waals surface area contributed by atoms with Crippen LogP contribution in [0.3, 0.4) is 0 Å². The molecular weight excluding hydrogens is 303 g/mol. The van der Waals surface area contributed by atoms with Gasteiger partial charge in [-0.2, -0.15) is 4.42 Å². The smallest absolute Gasteiger partial charge is 0.248 e. The summed E-state index contributed by atoms with van der Waals surface area (Å²) in [5.74, 6) is -3.66. The largest absolute Gasteiger partial charge is 0.273 e. The van der Waals surface area contributed by atoms with Crippen LogP contribution in [0.4, 0.5) is 0 Å². The first-order chi connectivity index (χ1) is 7.43. The molecule has 0 aromatic rings. The van der Waals surface area contributed by atoms with Gasteiger partial charge in [0.25, 0.3) is 0 Å². The highest BCUT2D eigenvalue weighted by Crippen LogP contribution is 2.35. The van der Waals surface area contributed by atoms with Crippen molar-refractivity contribution in [1.82, 2.24) is 8.34 Å². The highest BCUT2D eigenvalue weighted by molar-refractivity contribution is 9.08. The fourth-order valence-electron chi connectivity index (χ4n) is 1.88. The third-order valence-electron chi connectivity index (χ3n) is 2.73. The van der Waals surface area contributed by atoms with Crippen LogP contribution in [0.2, 0.25) is 0 Å². The van der Waals surface area contributed by atoms with E-state index in [0.717, 1.165) is 3.93 Å². The zero-order chi connectivity index (χ0) is 12.0. The summed E-state index contributed by atoms with van der Waals surface area (Å²) >= 11 is 8.22. The molecule has 0 aliphatic carbocycles. The second-order valence-corrected chi connectivity index (χ2v) is 4.69. The predicted molar refractivity (Wildman–Crippen MR) is 54.7 cm³/mol. The SMILES string of the molecule is O=C1CC(C2CC(=O)N(Br)C2=O)C(=O)N1Cl. The lowest BCUT2D eigenvalue weighted by molar-refractivity contribution is -0.138. The van der Waals surface area contributed by atoms with Gasteiger partial charge in [-0.1, -0.05) is 0 Å². The van der Waals surface area contributed by atoms with E-state index >= 15 is 0 Å². The molecule has 4 amide bonds. The molecule has 8 heteroatoms. The number of hydrogen-bond donors (Lipinski definition) is 0. The van der Waals surface area contributed by atoms with Gasteiger partial charge in [-0.3, -0.25) is 19.2 Å². The molecule has 2 heterocycles. The van der Waals surface area contributed by atoms with Crippen LogP contribution in [0.25, 0.3) is 0 Å². The van der Waals surface area contributed by atoms with Gasteiger partial charge in [0.05, 0.1) is 28.0 Å². The molecule has 2 fully saturated rings. The van der Waals surface area contributed by atoms with Gasteiger partial charge in [-0.15, -0.1) is 0 Å². The van der Waals surface area contributed by atoms with E-state index in [1.807, 2.05) is 0 Å². The molecule has 0 spiro atoms. The van der Waals surface area contributed by atoms with Crippen LogP contribution in [0.5, 0.6) is 0 Å². The number of rotatable bonds is 1. The number of hydrogen-bond acceptors (Lipinski definition) is 4. The van der Waals surface area contributed by atoms with Crippen LogP contribution in [-0.4, -0.2) is 32.0 Å². The van der Waals surface area contributed by atoms with Gasteiger partial charge in [0.2, 0.25) is 23.6 Å². The van der Waals surface area contributed by atoms with E-state index in [4.69, 9.17) is 11.8 Å². The van der Waals surface area contributed by atoms with E-state index in [0.29, 0.717) is 4.42 Å². The molecule has 86 valence electrons. The van der Waals surface area contributed by atoms with E-state index in [2.05, 4.69) is 16.1 Å². The Morgan fingerprint density at radius 1 is 1.00 bits per heavy atom. The van der Waals surface area contributed by atoms with Crippen LogP contribution in [0.1, 0.15) is 12.8 Å². The summed E-state index contributed by atoms with van der Waals surface area (Å²) in [5, 5.41) is 0. The molecule has 2 saturated heterocycles. The van der Waals surface area contributed by atoms with Crippen molar-refractivity contribution in [2.75, 3.05) is 0 Å². The van der Waals surface area contributed by atoms with E-state index < -0.39 is 35.5 Å². The first-order valence-corrected chi connectivity index (χ1v) is 5.53. The maximum absolute atomic E-state index is 11.6. The summed E-state index contributed by atoms with van der Waals surface area (Å²) in [6.07, 6.45) is -0.189. The lowest BCUT2D eigenvalue weighted by Crippen LogP contribution is -2.29. The molecule has 0 bridgehead atoms. The van der Waals surface area contributed by atoms with Crippen LogP contribution >= 0.6 is 27.9 Å². The van der Waals surface area contributed by atoms with E-state index in [1.165, 1.54) is 0 Å². The number of halogens is 2. The molecule has 0 aromatic heterocycles. The van der Waals surface area contributed by atoms with Crippen LogP contribution < -0.4 is 0 Å². The Bertz CT molecular complexity index is 375. The quantitative estimate of drug-likeness (QED) is 0.512. The Kier molecular flexibility index (Phi) is 2.75. The minimum absolute atomic E-state index is 0.0709. The van der Waals surface area contributed by atoms with Gasteiger partial charge in [0.1, 0.15) is 0 Å². The zero-order valence-electron chi connectivity index (χ0n) is 7.85. The maximum atomic E-state index is 11.6. The maximum Gasteiger partial charge on any atom is 0.248 e. The number of carbonyl (C=O) groups is 4. The minimum Gasteiger partial charge on any atom is -0.273 e. The molecule has 0 radical (unpaired) electrons. The van der Waals surface area contributed by atoms with Gasteiger partial charge >= 0.3 is 0 Å². The number of nitrogens with zero attached hydrogens (tertiary/aromatic N) is 2. The van der Waals surface area contributed by atoms with Crippen molar-refractivity contribution in [3.05, 3.63) is 0 Å². The van der Waals surface area contributed by atoms with Crippen molar-refractivity contribution in [3.63, 3.8) is 0 Å². The van der Waals surface area contributed by atoms with Crippen molar-refractivity contribution in [2.45, 2.75) is 12.8 Å². The van der Waals surface area contributed by atoms with E-state index in [9.17, 15) is 19.2 Å². The zero-order valence-corrected chi connectivity index (χ0v) is 10.2. The normalized spacial score (nSPS) is 30.9. The molecule has 6 nitrogen and oxygen atoms in total. The third kappa shape index (κ3) is 1.54. The van der Waals surface area contributed by atoms with Crippen LogP contribution in [-0.2, 0) is 19.2 Å². The Morgan fingerprint density at radius 3 is 1.88 bits per heavy atom. The second-order valence-electron chi connectivity index (χ2n) is 3.65. The first kappa shape index (κ1) is 11.5. The van der Waals surface area contributed by atoms with Crippen molar-refractivity contribution in [3.8, 4) is 0 Å². The third-order valence-corrected chi connectivity index (χ3v) is 3.83. The number of carbonyl (C=O) groups excluding carboxylic acids is 4. The first-order valence-electron chi connectivity index (χ1n) is 4.48. The molecule has 0 saturated carbocycles. The Morgan fingerprint density at radius 2 is 1.50 bits per heavy atom. The summed E-state index contributed by atoms with van der Waals surface area (Å²) in [7, 11) is 0. The lowest BCUT2D eigenvalue weighted by Gasteiger charge is -2.12. The summed E-state index contributed by atoms with van der Waals surface area (Å²) in [5.41, 5.74) is 0. The fourth-order valence-corrected chi connectivity index (χ4v) is 2.48. The number of amides is 4. The molecule has 2 unspecified atom stereocenters. The average molecular weight is 310 g/mol. The van der Waals surface area contributed by atoms with Gasteiger partial charge in [0, 0.05) is 24.6 Å². The van der Waals surface area contributed by atoms with Gasteiger partial charge in [0.15, 0.2) is 0 Å². The molecule has 2 atom stereocenters. The summed E-state index contributed by atoms with van der Waals surface area (Å²) < 4.78 is 1.28. The van der Waals surface area contributed by atoms with Gasteiger partial charge in [-0.05, 0) is 0 Å². The summed E-state index contributed by atoms with van der Waals surface area (Å²) in [6.45, 7) is 0. The van der Waals surface area contributed by atoms with Crippen molar-refractivity contribution in [1.29, 1.82) is 0 Å². The van der Waals surface area contributed by atoms with Crippen molar-refractivity contribution >= 4 is 51.6 Å². The molecule has 2 aliphatic heterocycles. The van der Waals surface area contributed by atoms with Gasteiger partial charge in [-0.25, -0.2) is 3.93 Å². The van der Waals surface area contributed by atoms with Crippen molar-refractivity contribution in [2.24, 2.45) is 11.8 Å². The Balaban J connectivity index is 2.22. The standard InChI is InChI=1S/C8H6BrClN2O4/c9-11-5(13)1-3(7(11)15)4-2-6(14)12(10)8(4)16/h3-4H,1-2H2. The minimum atomic E-state index is -0.816. The predicted octanol–water partition coefficient (Wildman–Crippen LogP) is 0.200. The number of imide groups is 2. The van der Waals surface area contributed by atoms with Crippen LogP contribution in [0.15, 0.2) is 0 Å². The molecular formula is C8H6BrClN2O4. The Labute approximate surface area is 104 Å². The summed E-state index contributed by atoms with van der Waals surface area (Å²) in [4.78, 5) is 45.5. The molecule has 0 aromatic carbocycles. The van der Waals surface area contributed by atoms with Crippen LogP contribution in [0, 0.1) is 11.8 Å². The van der Waals surface area contributed by atoms with E-state index in [-0.39, 0.29) is 12.8 Å². The van der Waals surface area contributed by atoms with E-state index in [1.54, 1.807) is 0 Å². The average Bonchev–Trinajstić information content (AvgIpc) is 2.64. The highest BCUT2D eigenvalue weighted by atomic mass is 79.9. The summed E-state index contributed by atoms with van der Waals surface area (Å²) in [6, 6.07) is 0. The molecule has 2 aliphatic rings. The molecule has 16 heavy (non-hydrogen) atoms. The Hall–Kier alpha value is -0.950.